The Hall–Kier alpha value is -2.32. The fourth-order valence-corrected chi connectivity index (χ4v) is 3.15. The number of primary amides is 1. The number of piperidine rings is 1. The average molecular weight is 282 g/mol. The Kier molecular flexibility index (Phi) is 3.63. The number of likely N-dealkylation sites (tertiary alicyclic amines) is 1. The summed E-state index contributed by atoms with van der Waals surface area (Å²) in [5.74, 6) is -0.267. The summed E-state index contributed by atoms with van der Waals surface area (Å²) in [6.07, 6.45) is 6.82. The van der Waals surface area contributed by atoms with Crippen LogP contribution >= 0.6 is 0 Å². The molecule has 0 spiro atoms. The van der Waals surface area contributed by atoms with Gasteiger partial charge in [0.05, 0.1) is 17.1 Å². The Morgan fingerprint density at radius 1 is 1.43 bits per heavy atom. The average Bonchev–Trinajstić information content (AvgIpc) is 2.84. The zero-order chi connectivity index (χ0) is 14.8. The first-order chi connectivity index (χ1) is 10.2. The summed E-state index contributed by atoms with van der Waals surface area (Å²) in [4.78, 5) is 13.7. The first-order valence-corrected chi connectivity index (χ1v) is 7.22. The Bertz CT molecular complexity index is 713. The van der Waals surface area contributed by atoms with E-state index in [0.717, 1.165) is 36.9 Å². The van der Waals surface area contributed by atoms with Gasteiger partial charge in [-0.3, -0.25) is 9.69 Å². The summed E-state index contributed by atoms with van der Waals surface area (Å²) in [5, 5.41) is 9.44. The maximum atomic E-state index is 11.6. The molecular formula is C16H18N4O. The SMILES string of the molecule is N#Cc1c(CN2CCCC[C@H]2C(N)=O)cn2ccccc12. The van der Waals surface area contributed by atoms with Crippen LogP contribution in [-0.4, -0.2) is 27.8 Å². The number of amides is 1. The fourth-order valence-electron chi connectivity index (χ4n) is 3.15. The molecule has 0 aromatic carbocycles. The number of carbonyl (C=O) groups excluding carboxylic acids is 1. The van der Waals surface area contributed by atoms with E-state index in [9.17, 15) is 10.1 Å². The molecule has 1 fully saturated rings. The molecule has 5 heteroatoms. The molecule has 1 aliphatic heterocycles. The third-order valence-corrected chi connectivity index (χ3v) is 4.19. The molecule has 0 saturated carbocycles. The minimum absolute atomic E-state index is 0.215. The number of hydrogen-bond acceptors (Lipinski definition) is 3. The van der Waals surface area contributed by atoms with Gasteiger partial charge in [-0.25, -0.2) is 0 Å². The van der Waals surface area contributed by atoms with Gasteiger partial charge in [0.15, 0.2) is 0 Å². The molecule has 2 N–H and O–H groups in total. The van der Waals surface area contributed by atoms with Crippen LogP contribution in [0.1, 0.15) is 30.4 Å². The molecule has 1 amide bonds. The van der Waals surface area contributed by atoms with Gasteiger partial charge in [-0.2, -0.15) is 5.26 Å². The summed E-state index contributed by atoms with van der Waals surface area (Å²) in [6.45, 7) is 1.45. The second kappa shape index (κ2) is 5.58. The number of nitrogens with zero attached hydrogens (tertiary/aromatic N) is 3. The van der Waals surface area contributed by atoms with Gasteiger partial charge in [0.2, 0.25) is 5.91 Å². The van der Waals surface area contributed by atoms with Crippen LogP contribution in [0, 0.1) is 11.3 Å². The van der Waals surface area contributed by atoms with E-state index in [1.807, 2.05) is 35.0 Å². The molecule has 3 heterocycles. The van der Waals surface area contributed by atoms with Crippen molar-refractivity contribution in [3.8, 4) is 6.07 Å². The van der Waals surface area contributed by atoms with Gasteiger partial charge < -0.3 is 10.1 Å². The topological polar surface area (TPSA) is 74.5 Å². The number of nitrogens with two attached hydrogens (primary N) is 1. The first-order valence-electron chi connectivity index (χ1n) is 7.22. The maximum absolute atomic E-state index is 11.6. The number of aromatic nitrogens is 1. The molecule has 108 valence electrons. The maximum Gasteiger partial charge on any atom is 0.234 e. The quantitative estimate of drug-likeness (QED) is 0.930. The van der Waals surface area contributed by atoms with Crippen LogP contribution in [0.4, 0.5) is 0 Å². The van der Waals surface area contributed by atoms with Gasteiger partial charge >= 0.3 is 0 Å². The van der Waals surface area contributed by atoms with Gasteiger partial charge in [0, 0.05) is 24.5 Å². The molecule has 2 aromatic heterocycles. The lowest BCUT2D eigenvalue weighted by molar-refractivity contribution is -0.124. The van der Waals surface area contributed by atoms with Crippen molar-refractivity contribution in [1.82, 2.24) is 9.30 Å². The molecule has 2 aromatic rings. The van der Waals surface area contributed by atoms with E-state index in [1.54, 1.807) is 0 Å². The van der Waals surface area contributed by atoms with E-state index < -0.39 is 0 Å². The first kappa shape index (κ1) is 13.7. The third kappa shape index (κ3) is 2.50. The molecule has 0 aliphatic carbocycles. The lowest BCUT2D eigenvalue weighted by Crippen LogP contribution is -2.47. The van der Waals surface area contributed by atoms with Crippen LogP contribution in [0.25, 0.3) is 5.52 Å². The molecule has 1 atom stereocenters. The van der Waals surface area contributed by atoms with Crippen LogP contribution < -0.4 is 5.73 Å². The number of hydrogen-bond donors (Lipinski definition) is 1. The van der Waals surface area contributed by atoms with Gasteiger partial charge in [-0.15, -0.1) is 0 Å². The molecule has 0 bridgehead atoms. The molecular weight excluding hydrogens is 264 g/mol. The van der Waals surface area contributed by atoms with Crippen molar-refractivity contribution in [2.75, 3.05) is 6.54 Å². The Morgan fingerprint density at radius 3 is 3.05 bits per heavy atom. The van der Waals surface area contributed by atoms with Crippen LogP contribution in [0.3, 0.4) is 0 Å². The molecule has 21 heavy (non-hydrogen) atoms. The summed E-state index contributed by atoms with van der Waals surface area (Å²) in [5.41, 5.74) is 8.05. The smallest absolute Gasteiger partial charge is 0.234 e. The van der Waals surface area contributed by atoms with Gasteiger partial charge in [0.25, 0.3) is 0 Å². The molecule has 5 nitrogen and oxygen atoms in total. The minimum Gasteiger partial charge on any atom is -0.368 e. The fraction of sp³-hybridized carbons (Fsp3) is 0.375. The molecule has 1 aliphatic rings. The predicted molar refractivity (Wildman–Crippen MR) is 79.4 cm³/mol. The normalized spacial score (nSPS) is 19.5. The molecule has 0 radical (unpaired) electrons. The molecule has 1 saturated heterocycles. The van der Waals surface area contributed by atoms with Crippen molar-refractivity contribution in [1.29, 1.82) is 5.26 Å². The number of pyridine rings is 1. The lowest BCUT2D eigenvalue weighted by Gasteiger charge is -2.33. The Morgan fingerprint density at radius 2 is 2.29 bits per heavy atom. The lowest BCUT2D eigenvalue weighted by atomic mass is 10.0. The van der Waals surface area contributed by atoms with Gasteiger partial charge in [-0.05, 0) is 31.5 Å². The van der Waals surface area contributed by atoms with E-state index in [4.69, 9.17) is 5.73 Å². The van der Waals surface area contributed by atoms with E-state index in [1.165, 1.54) is 0 Å². The van der Waals surface area contributed by atoms with E-state index >= 15 is 0 Å². The number of nitriles is 1. The van der Waals surface area contributed by atoms with E-state index in [-0.39, 0.29) is 11.9 Å². The summed E-state index contributed by atoms with van der Waals surface area (Å²) in [7, 11) is 0. The van der Waals surface area contributed by atoms with Crippen LogP contribution in [0.2, 0.25) is 0 Å². The summed E-state index contributed by atoms with van der Waals surface area (Å²) < 4.78 is 1.96. The van der Waals surface area contributed by atoms with Crippen molar-refractivity contribution >= 4 is 11.4 Å². The number of fused-ring (bicyclic) bond motifs is 1. The predicted octanol–water partition coefficient (Wildman–Crippen LogP) is 1.65. The third-order valence-electron chi connectivity index (χ3n) is 4.19. The minimum atomic E-state index is -0.267. The highest BCUT2D eigenvalue weighted by Gasteiger charge is 2.27. The van der Waals surface area contributed by atoms with Gasteiger partial charge in [-0.1, -0.05) is 12.5 Å². The number of rotatable bonds is 3. The summed E-state index contributed by atoms with van der Waals surface area (Å²) >= 11 is 0. The highest BCUT2D eigenvalue weighted by atomic mass is 16.1. The Balaban J connectivity index is 1.94. The highest BCUT2D eigenvalue weighted by molar-refractivity contribution is 5.80. The van der Waals surface area contributed by atoms with Crippen LogP contribution in [0.5, 0.6) is 0 Å². The van der Waals surface area contributed by atoms with Crippen molar-refractivity contribution in [2.45, 2.75) is 31.8 Å². The zero-order valence-electron chi connectivity index (χ0n) is 11.8. The van der Waals surface area contributed by atoms with Crippen molar-refractivity contribution < 1.29 is 4.79 Å². The summed E-state index contributed by atoms with van der Waals surface area (Å²) in [6, 6.07) is 7.87. The largest absolute Gasteiger partial charge is 0.368 e. The van der Waals surface area contributed by atoms with E-state index in [2.05, 4.69) is 11.0 Å². The zero-order valence-corrected chi connectivity index (χ0v) is 11.8. The molecule has 3 rings (SSSR count). The highest BCUT2D eigenvalue weighted by Crippen LogP contribution is 2.24. The van der Waals surface area contributed by atoms with Crippen molar-refractivity contribution in [3.63, 3.8) is 0 Å². The van der Waals surface area contributed by atoms with Crippen molar-refractivity contribution in [3.05, 3.63) is 41.7 Å². The Labute approximate surface area is 123 Å². The molecule has 0 unspecified atom stereocenters. The van der Waals surface area contributed by atoms with Crippen LogP contribution in [-0.2, 0) is 11.3 Å². The van der Waals surface area contributed by atoms with Gasteiger partial charge in [0.1, 0.15) is 6.07 Å². The monoisotopic (exact) mass is 282 g/mol. The second-order valence-electron chi connectivity index (χ2n) is 5.52. The number of carbonyl (C=O) groups is 1. The van der Waals surface area contributed by atoms with E-state index in [0.29, 0.717) is 12.1 Å². The van der Waals surface area contributed by atoms with Crippen LogP contribution in [0.15, 0.2) is 30.6 Å². The second-order valence-corrected chi connectivity index (χ2v) is 5.52. The standard InChI is InChI=1S/C16H18N4O/c17-9-13-12(10-19-7-3-1-5-14(13)19)11-20-8-4-2-6-15(20)16(18)21/h1,3,5,7,10,15H,2,4,6,8,11H2,(H2,18,21)/t15-/m0/s1. The van der Waals surface area contributed by atoms with Crippen molar-refractivity contribution in [2.24, 2.45) is 5.73 Å².